The molecule has 1 amide bonds. The first-order chi connectivity index (χ1) is 8.59. The van der Waals surface area contributed by atoms with Gasteiger partial charge in [0.25, 0.3) is 0 Å². The van der Waals surface area contributed by atoms with Gasteiger partial charge in [-0.3, -0.25) is 4.79 Å². The molecule has 1 unspecified atom stereocenters. The van der Waals surface area contributed by atoms with Gasteiger partial charge in [0.15, 0.2) is 0 Å². The Balaban J connectivity index is 0. The molecular formula is C12H27ClN2O4. The van der Waals surface area contributed by atoms with Gasteiger partial charge in [-0.05, 0) is 5.92 Å². The van der Waals surface area contributed by atoms with Crippen LogP contribution in [-0.2, 0) is 19.0 Å². The topological polar surface area (TPSA) is 82.8 Å². The lowest BCUT2D eigenvalue weighted by Gasteiger charge is -2.18. The maximum Gasteiger partial charge on any atom is 0.234 e. The molecule has 1 atom stereocenters. The monoisotopic (exact) mass is 298 g/mol. The van der Waals surface area contributed by atoms with Crippen molar-refractivity contribution in [3.63, 3.8) is 0 Å². The van der Waals surface area contributed by atoms with E-state index in [-0.39, 0.29) is 30.3 Å². The summed E-state index contributed by atoms with van der Waals surface area (Å²) in [6, 6.07) is -0.299. The van der Waals surface area contributed by atoms with Crippen molar-refractivity contribution in [2.75, 3.05) is 46.7 Å². The molecule has 0 spiro atoms. The zero-order valence-electron chi connectivity index (χ0n) is 12.0. The van der Waals surface area contributed by atoms with E-state index in [9.17, 15) is 4.79 Å². The minimum atomic E-state index is -0.326. The van der Waals surface area contributed by atoms with E-state index in [4.69, 9.17) is 19.9 Å². The maximum atomic E-state index is 11.1. The summed E-state index contributed by atoms with van der Waals surface area (Å²) in [4.78, 5) is 11.1. The number of rotatable bonds is 12. The predicted molar refractivity (Wildman–Crippen MR) is 76.6 cm³/mol. The highest BCUT2D eigenvalue weighted by atomic mass is 35.5. The number of methoxy groups -OCH3 is 1. The van der Waals surface area contributed by atoms with Crippen LogP contribution in [0.3, 0.4) is 0 Å². The minimum absolute atomic E-state index is 0. The third-order valence-corrected chi connectivity index (χ3v) is 2.39. The number of nitrogens with two attached hydrogens (primary N) is 1. The zero-order valence-corrected chi connectivity index (χ0v) is 12.8. The summed E-state index contributed by atoms with van der Waals surface area (Å²) in [5, 5.41) is 3.07. The fourth-order valence-electron chi connectivity index (χ4n) is 1.42. The van der Waals surface area contributed by atoms with Crippen molar-refractivity contribution in [2.45, 2.75) is 19.9 Å². The average Bonchev–Trinajstić information content (AvgIpc) is 2.30. The molecule has 19 heavy (non-hydrogen) atoms. The lowest BCUT2D eigenvalue weighted by molar-refractivity contribution is -0.121. The van der Waals surface area contributed by atoms with Crippen LogP contribution in [0.2, 0.25) is 0 Å². The Labute approximate surface area is 121 Å². The first kappa shape index (κ1) is 20.9. The van der Waals surface area contributed by atoms with Crippen molar-refractivity contribution in [1.82, 2.24) is 5.32 Å². The second kappa shape index (κ2) is 14.0. The van der Waals surface area contributed by atoms with E-state index in [1.165, 1.54) is 0 Å². The lowest BCUT2D eigenvalue weighted by Crippen LogP contribution is -2.46. The van der Waals surface area contributed by atoms with Gasteiger partial charge in [-0.15, -0.1) is 12.4 Å². The fraction of sp³-hybridized carbons (Fsp3) is 0.917. The summed E-state index contributed by atoms with van der Waals surface area (Å²) >= 11 is 0. The molecule has 0 bridgehead atoms. The van der Waals surface area contributed by atoms with Crippen LogP contribution in [0.15, 0.2) is 0 Å². The van der Waals surface area contributed by atoms with Gasteiger partial charge in [0.1, 0.15) is 0 Å². The summed E-state index contributed by atoms with van der Waals surface area (Å²) < 4.78 is 15.4. The average molecular weight is 299 g/mol. The van der Waals surface area contributed by atoms with Crippen LogP contribution < -0.4 is 11.1 Å². The van der Waals surface area contributed by atoms with Crippen molar-refractivity contribution in [3.05, 3.63) is 0 Å². The van der Waals surface area contributed by atoms with Crippen molar-refractivity contribution < 1.29 is 19.0 Å². The largest absolute Gasteiger partial charge is 0.382 e. The highest BCUT2D eigenvalue weighted by Gasteiger charge is 2.17. The van der Waals surface area contributed by atoms with E-state index in [0.29, 0.717) is 39.6 Å². The molecule has 0 heterocycles. The smallest absolute Gasteiger partial charge is 0.234 e. The van der Waals surface area contributed by atoms with Gasteiger partial charge in [-0.25, -0.2) is 0 Å². The molecule has 0 saturated carbocycles. The molecule has 0 radical (unpaired) electrons. The van der Waals surface area contributed by atoms with E-state index in [0.717, 1.165) is 0 Å². The molecule has 7 heteroatoms. The zero-order chi connectivity index (χ0) is 13.8. The van der Waals surface area contributed by atoms with Gasteiger partial charge >= 0.3 is 0 Å². The maximum absolute atomic E-state index is 11.1. The van der Waals surface area contributed by atoms with Crippen LogP contribution in [0.5, 0.6) is 0 Å². The van der Waals surface area contributed by atoms with E-state index in [1.807, 2.05) is 13.8 Å². The Morgan fingerprint density at radius 3 is 2.11 bits per heavy atom. The second-order valence-electron chi connectivity index (χ2n) is 4.30. The van der Waals surface area contributed by atoms with Crippen LogP contribution in [0.4, 0.5) is 0 Å². The number of hydrogen-bond donors (Lipinski definition) is 2. The Morgan fingerprint density at radius 1 is 1.11 bits per heavy atom. The predicted octanol–water partition coefficient (Wildman–Crippen LogP) is 0.187. The molecule has 0 aromatic rings. The molecule has 3 N–H and O–H groups in total. The summed E-state index contributed by atoms with van der Waals surface area (Å²) in [7, 11) is 1.63. The van der Waals surface area contributed by atoms with Crippen molar-refractivity contribution >= 4 is 18.3 Å². The Hall–Kier alpha value is -0.400. The van der Waals surface area contributed by atoms with Crippen LogP contribution >= 0.6 is 12.4 Å². The van der Waals surface area contributed by atoms with Crippen molar-refractivity contribution in [3.8, 4) is 0 Å². The van der Waals surface area contributed by atoms with Gasteiger partial charge in [-0.2, -0.15) is 0 Å². The molecule has 0 aliphatic carbocycles. The van der Waals surface area contributed by atoms with E-state index < -0.39 is 0 Å². The molecule has 0 aliphatic rings. The highest BCUT2D eigenvalue weighted by molar-refractivity contribution is 5.85. The fourth-order valence-corrected chi connectivity index (χ4v) is 1.42. The quantitative estimate of drug-likeness (QED) is 0.503. The number of halogens is 1. The molecule has 0 rings (SSSR count). The first-order valence-corrected chi connectivity index (χ1v) is 6.26. The molecular weight excluding hydrogens is 272 g/mol. The molecule has 0 aliphatic heterocycles. The van der Waals surface area contributed by atoms with E-state index >= 15 is 0 Å². The molecule has 0 aromatic carbocycles. The number of primary amides is 1. The van der Waals surface area contributed by atoms with Gasteiger partial charge in [0, 0.05) is 13.7 Å². The van der Waals surface area contributed by atoms with Crippen molar-refractivity contribution in [2.24, 2.45) is 11.7 Å². The normalized spacial score (nSPS) is 12.2. The summed E-state index contributed by atoms with van der Waals surface area (Å²) in [6.45, 7) is 7.29. The number of amides is 1. The second-order valence-corrected chi connectivity index (χ2v) is 4.30. The number of nitrogens with one attached hydrogen (secondary N) is 1. The molecule has 6 nitrogen and oxygen atoms in total. The van der Waals surface area contributed by atoms with Crippen LogP contribution in [0, 0.1) is 5.92 Å². The number of carbonyl (C=O) groups excluding carboxylic acids is 1. The minimum Gasteiger partial charge on any atom is -0.382 e. The van der Waals surface area contributed by atoms with E-state index in [1.54, 1.807) is 7.11 Å². The van der Waals surface area contributed by atoms with Crippen LogP contribution in [0.25, 0.3) is 0 Å². The number of hydrogen-bond acceptors (Lipinski definition) is 5. The van der Waals surface area contributed by atoms with Crippen molar-refractivity contribution in [1.29, 1.82) is 0 Å². The van der Waals surface area contributed by atoms with Gasteiger partial charge in [0.05, 0.1) is 39.1 Å². The van der Waals surface area contributed by atoms with E-state index in [2.05, 4.69) is 5.32 Å². The SMILES string of the molecule is COCCOCCOCCNC(C(N)=O)C(C)C.Cl. The Kier molecular flexibility index (Phi) is 15.4. The molecule has 0 saturated heterocycles. The molecule has 0 aromatic heterocycles. The van der Waals surface area contributed by atoms with Gasteiger partial charge in [0.2, 0.25) is 5.91 Å². The summed E-state index contributed by atoms with van der Waals surface area (Å²) in [6.07, 6.45) is 0. The number of carbonyl (C=O) groups is 1. The lowest BCUT2D eigenvalue weighted by atomic mass is 10.0. The summed E-state index contributed by atoms with van der Waals surface area (Å²) in [5.74, 6) is -0.146. The highest BCUT2D eigenvalue weighted by Crippen LogP contribution is 1.99. The molecule has 0 fully saturated rings. The molecule has 116 valence electrons. The Morgan fingerprint density at radius 2 is 1.63 bits per heavy atom. The first-order valence-electron chi connectivity index (χ1n) is 6.26. The summed E-state index contributed by atoms with van der Waals surface area (Å²) in [5.41, 5.74) is 5.27. The van der Waals surface area contributed by atoms with Gasteiger partial charge < -0.3 is 25.3 Å². The standard InChI is InChI=1S/C12H26N2O4.ClH/c1-10(2)11(12(13)15)14-4-5-17-8-9-18-7-6-16-3;/h10-11,14H,4-9H2,1-3H3,(H2,13,15);1H. The van der Waals surface area contributed by atoms with Gasteiger partial charge in [-0.1, -0.05) is 13.8 Å². The van der Waals surface area contributed by atoms with Crippen LogP contribution in [-0.4, -0.2) is 58.6 Å². The third kappa shape index (κ3) is 12.4. The van der Waals surface area contributed by atoms with Crippen LogP contribution in [0.1, 0.15) is 13.8 Å². The Bertz CT molecular complexity index is 218. The number of ether oxygens (including phenoxy) is 3. The third-order valence-electron chi connectivity index (χ3n) is 2.39.